The maximum absolute atomic E-state index is 5.64. The van der Waals surface area contributed by atoms with Gasteiger partial charge in [-0.15, -0.1) is 0 Å². The Labute approximate surface area is 103 Å². The Bertz CT molecular complexity index is 280. The Balaban J connectivity index is 2.22. The highest BCUT2D eigenvalue weighted by atomic mass is 16.5. The van der Waals surface area contributed by atoms with E-state index in [2.05, 4.69) is 4.90 Å². The van der Waals surface area contributed by atoms with E-state index in [0.29, 0.717) is 13.2 Å². The van der Waals surface area contributed by atoms with Gasteiger partial charge in [0.05, 0.1) is 6.61 Å². The minimum Gasteiger partial charge on any atom is -0.492 e. The van der Waals surface area contributed by atoms with Crippen LogP contribution in [0.1, 0.15) is 0 Å². The molecule has 0 atom stereocenters. The van der Waals surface area contributed by atoms with Crippen LogP contribution < -0.4 is 10.5 Å². The molecule has 1 aromatic carbocycles. The summed E-state index contributed by atoms with van der Waals surface area (Å²) in [6.07, 6.45) is 0. The molecule has 0 saturated heterocycles. The molecule has 0 saturated carbocycles. The van der Waals surface area contributed by atoms with Crippen LogP contribution in [0.2, 0.25) is 0 Å². The van der Waals surface area contributed by atoms with Crippen molar-refractivity contribution in [1.29, 1.82) is 0 Å². The van der Waals surface area contributed by atoms with E-state index in [-0.39, 0.29) is 0 Å². The van der Waals surface area contributed by atoms with Gasteiger partial charge in [-0.05, 0) is 12.1 Å². The van der Waals surface area contributed by atoms with Crippen LogP contribution in [-0.2, 0) is 4.74 Å². The van der Waals surface area contributed by atoms with Gasteiger partial charge in [-0.1, -0.05) is 18.2 Å². The minimum absolute atomic E-state index is 0.662. The summed E-state index contributed by atoms with van der Waals surface area (Å²) in [4.78, 5) is 2.24. The molecule has 1 rings (SSSR count). The first-order chi connectivity index (χ1) is 8.36. The maximum atomic E-state index is 5.64. The van der Waals surface area contributed by atoms with Crippen molar-refractivity contribution in [3.05, 3.63) is 30.3 Å². The van der Waals surface area contributed by atoms with E-state index in [1.165, 1.54) is 0 Å². The van der Waals surface area contributed by atoms with Gasteiger partial charge in [0.2, 0.25) is 0 Å². The second-order valence-corrected chi connectivity index (χ2v) is 3.78. The topological polar surface area (TPSA) is 47.7 Å². The van der Waals surface area contributed by atoms with Crippen LogP contribution in [0.4, 0.5) is 0 Å². The molecule has 0 heterocycles. The van der Waals surface area contributed by atoms with Gasteiger partial charge in [-0.25, -0.2) is 0 Å². The quantitative estimate of drug-likeness (QED) is 0.696. The first-order valence-corrected chi connectivity index (χ1v) is 5.96. The highest BCUT2D eigenvalue weighted by Crippen LogP contribution is 2.07. The van der Waals surface area contributed by atoms with Crippen molar-refractivity contribution in [2.45, 2.75) is 0 Å². The summed E-state index contributed by atoms with van der Waals surface area (Å²) >= 11 is 0. The number of hydrogen-bond donors (Lipinski definition) is 1. The molecule has 0 radical (unpaired) electrons. The maximum Gasteiger partial charge on any atom is 0.119 e. The summed E-state index contributed by atoms with van der Waals surface area (Å²) in [5, 5.41) is 0. The monoisotopic (exact) mass is 238 g/mol. The molecule has 4 nitrogen and oxygen atoms in total. The van der Waals surface area contributed by atoms with Crippen molar-refractivity contribution in [2.24, 2.45) is 5.73 Å². The van der Waals surface area contributed by atoms with E-state index in [0.717, 1.165) is 32.0 Å². The van der Waals surface area contributed by atoms with Gasteiger partial charge in [0.25, 0.3) is 0 Å². The van der Waals surface area contributed by atoms with Crippen LogP contribution >= 0.6 is 0 Å². The molecule has 17 heavy (non-hydrogen) atoms. The molecule has 2 N–H and O–H groups in total. The largest absolute Gasteiger partial charge is 0.492 e. The number of methoxy groups -OCH3 is 1. The molecule has 0 amide bonds. The second-order valence-electron chi connectivity index (χ2n) is 3.78. The summed E-state index contributed by atoms with van der Waals surface area (Å²) < 4.78 is 10.7. The van der Waals surface area contributed by atoms with Crippen molar-refractivity contribution in [2.75, 3.05) is 46.5 Å². The van der Waals surface area contributed by atoms with Crippen molar-refractivity contribution >= 4 is 0 Å². The highest BCUT2D eigenvalue weighted by Gasteiger charge is 2.03. The molecule has 0 aromatic heterocycles. The third-order valence-electron chi connectivity index (χ3n) is 2.48. The van der Waals surface area contributed by atoms with Gasteiger partial charge < -0.3 is 15.2 Å². The molecule has 0 aliphatic carbocycles. The zero-order valence-electron chi connectivity index (χ0n) is 10.5. The number of rotatable bonds is 9. The predicted octanol–water partition coefficient (Wildman–Crippen LogP) is 0.973. The number of para-hydroxylation sites is 1. The van der Waals surface area contributed by atoms with Gasteiger partial charge in [-0.3, -0.25) is 4.90 Å². The number of nitrogens with two attached hydrogens (primary N) is 1. The van der Waals surface area contributed by atoms with Crippen molar-refractivity contribution in [3.8, 4) is 5.75 Å². The lowest BCUT2D eigenvalue weighted by atomic mass is 10.3. The van der Waals surface area contributed by atoms with Gasteiger partial charge in [0, 0.05) is 33.3 Å². The third-order valence-corrected chi connectivity index (χ3v) is 2.48. The first-order valence-electron chi connectivity index (χ1n) is 5.96. The second kappa shape index (κ2) is 8.98. The molecule has 0 aliphatic heterocycles. The fourth-order valence-corrected chi connectivity index (χ4v) is 1.55. The lowest BCUT2D eigenvalue weighted by Crippen LogP contribution is -2.35. The molecule has 4 heteroatoms. The molecular weight excluding hydrogens is 216 g/mol. The zero-order chi connectivity index (χ0) is 12.3. The SMILES string of the molecule is COCCN(CCN)CCOc1ccccc1. The fraction of sp³-hybridized carbons (Fsp3) is 0.538. The minimum atomic E-state index is 0.662. The molecule has 0 fully saturated rings. The molecule has 0 unspecified atom stereocenters. The molecule has 0 bridgehead atoms. The van der Waals surface area contributed by atoms with Gasteiger partial charge in [-0.2, -0.15) is 0 Å². The Morgan fingerprint density at radius 2 is 1.76 bits per heavy atom. The first kappa shape index (κ1) is 14.0. The van der Waals surface area contributed by atoms with E-state index in [9.17, 15) is 0 Å². The van der Waals surface area contributed by atoms with E-state index in [1.807, 2.05) is 30.3 Å². The van der Waals surface area contributed by atoms with Crippen LogP contribution in [0, 0.1) is 0 Å². The van der Waals surface area contributed by atoms with Crippen LogP contribution in [0.25, 0.3) is 0 Å². The van der Waals surface area contributed by atoms with E-state index in [4.69, 9.17) is 15.2 Å². The Hall–Kier alpha value is -1.10. The van der Waals surface area contributed by atoms with Gasteiger partial charge >= 0.3 is 0 Å². The Morgan fingerprint density at radius 1 is 1.06 bits per heavy atom. The smallest absolute Gasteiger partial charge is 0.119 e. The van der Waals surface area contributed by atoms with Crippen LogP contribution in [-0.4, -0.2) is 51.4 Å². The average Bonchev–Trinajstić information content (AvgIpc) is 2.37. The van der Waals surface area contributed by atoms with Crippen molar-refractivity contribution in [1.82, 2.24) is 4.90 Å². The van der Waals surface area contributed by atoms with Crippen LogP contribution in [0.15, 0.2) is 30.3 Å². The predicted molar refractivity (Wildman–Crippen MR) is 69.3 cm³/mol. The van der Waals surface area contributed by atoms with E-state index < -0.39 is 0 Å². The summed E-state index contributed by atoms with van der Waals surface area (Å²) in [5.41, 5.74) is 5.56. The van der Waals surface area contributed by atoms with Crippen molar-refractivity contribution in [3.63, 3.8) is 0 Å². The summed E-state index contributed by atoms with van der Waals surface area (Å²) in [6, 6.07) is 9.84. The third kappa shape index (κ3) is 6.26. The fourth-order valence-electron chi connectivity index (χ4n) is 1.55. The number of nitrogens with zero attached hydrogens (tertiary/aromatic N) is 1. The average molecular weight is 238 g/mol. The number of hydrogen-bond acceptors (Lipinski definition) is 4. The molecule has 0 aliphatic rings. The lowest BCUT2D eigenvalue weighted by molar-refractivity contribution is 0.137. The molecule has 96 valence electrons. The summed E-state index contributed by atoms with van der Waals surface area (Å²) in [7, 11) is 1.71. The van der Waals surface area contributed by atoms with Crippen molar-refractivity contribution < 1.29 is 9.47 Å². The normalized spacial score (nSPS) is 10.8. The summed E-state index contributed by atoms with van der Waals surface area (Å²) in [5.74, 6) is 0.909. The Morgan fingerprint density at radius 3 is 2.41 bits per heavy atom. The molecule has 1 aromatic rings. The molecular formula is C13H22N2O2. The molecule has 0 spiro atoms. The number of benzene rings is 1. The van der Waals surface area contributed by atoms with Gasteiger partial charge in [0.1, 0.15) is 12.4 Å². The lowest BCUT2D eigenvalue weighted by Gasteiger charge is -2.21. The zero-order valence-corrected chi connectivity index (χ0v) is 10.5. The van der Waals surface area contributed by atoms with Crippen LogP contribution in [0.5, 0.6) is 5.75 Å². The Kier molecular flexibility index (Phi) is 7.38. The van der Waals surface area contributed by atoms with Gasteiger partial charge in [0.15, 0.2) is 0 Å². The standard InChI is InChI=1S/C13H22N2O2/c1-16-11-9-15(8-7-14)10-12-17-13-5-3-2-4-6-13/h2-6H,7-12,14H2,1H3. The van der Waals surface area contributed by atoms with E-state index >= 15 is 0 Å². The van der Waals surface area contributed by atoms with E-state index in [1.54, 1.807) is 7.11 Å². The number of ether oxygens (including phenoxy) is 2. The van der Waals surface area contributed by atoms with Crippen LogP contribution in [0.3, 0.4) is 0 Å². The highest BCUT2D eigenvalue weighted by molar-refractivity contribution is 5.20. The summed E-state index contributed by atoms with van der Waals surface area (Å²) in [6.45, 7) is 4.71.